The molecule has 6 nitrogen and oxygen atoms in total. The maximum atomic E-state index is 10.7. The van der Waals surface area contributed by atoms with Gasteiger partial charge in [-0.05, 0) is 18.6 Å². The molecule has 0 aliphatic heterocycles. The van der Waals surface area contributed by atoms with Crippen LogP contribution < -0.4 is 10.5 Å². The Kier molecular flexibility index (Phi) is 4.18. The lowest BCUT2D eigenvalue weighted by atomic mass is 10.1. The Balaban J connectivity index is 2.17. The summed E-state index contributed by atoms with van der Waals surface area (Å²) in [5.74, 6) is 0.550. The van der Waals surface area contributed by atoms with E-state index in [1.54, 1.807) is 25.1 Å². The first-order chi connectivity index (χ1) is 9.99. The van der Waals surface area contributed by atoms with Crippen molar-refractivity contribution in [2.75, 3.05) is 0 Å². The second kappa shape index (κ2) is 6.04. The van der Waals surface area contributed by atoms with Crippen molar-refractivity contribution in [2.45, 2.75) is 13.5 Å². The van der Waals surface area contributed by atoms with Gasteiger partial charge in [-0.2, -0.15) is 0 Å². The number of nitrogen functional groups attached to an aromatic ring is 1. The molecule has 2 aromatic carbocycles. The highest BCUT2D eigenvalue weighted by Crippen LogP contribution is 2.24. The Morgan fingerprint density at radius 2 is 2.05 bits per heavy atom. The smallest absolute Gasteiger partial charge is 0.269 e. The van der Waals surface area contributed by atoms with Gasteiger partial charge < -0.3 is 10.5 Å². The third-order valence-corrected chi connectivity index (χ3v) is 3.06. The van der Waals surface area contributed by atoms with Crippen molar-refractivity contribution in [3.05, 3.63) is 69.3 Å². The minimum absolute atomic E-state index is 0.0189. The first-order valence-corrected chi connectivity index (χ1v) is 6.29. The number of nitrogens with one attached hydrogen (secondary N) is 1. The van der Waals surface area contributed by atoms with Gasteiger partial charge in [0.15, 0.2) is 0 Å². The highest BCUT2D eigenvalue weighted by atomic mass is 16.6. The Hall–Kier alpha value is -2.89. The highest BCUT2D eigenvalue weighted by molar-refractivity contribution is 5.96. The predicted octanol–water partition coefficient (Wildman–Crippen LogP) is 2.77. The van der Waals surface area contributed by atoms with Crippen LogP contribution in [0, 0.1) is 22.4 Å². The lowest BCUT2D eigenvalue weighted by Gasteiger charge is -2.11. The summed E-state index contributed by atoms with van der Waals surface area (Å²) in [4.78, 5) is 10.2. The Bertz CT molecular complexity index is 698. The van der Waals surface area contributed by atoms with E-state index in [4.69, 9.17) is 15.9 Å². The van der Waals surface area contributed by atoms with E-state index >= 15 is 0 Å². The molecule has 6 heteroatoms. The summed E-state index contributed by atoms with van der Waals surface area (Å²) < 4.78 is 5.67. The van der Waals surface area contributed by atoms with Gasteiger partial charge in [0.25, 0.3) is 5.69 Å². The molecule has 21 heavy (non-hydrogen) atoms. The Labute approximate surface area is 121 Å². The SMILES string of the molecule is Cc1cc([N+](=O)[O-])ccc1OCc1ccccc1C(=N)N. The summed E-state index contributed by atoms with van der Waals surface area (Å²) in [6.07, 6.45) is 0. The van der Waals surface area contributed by atoms with E-state index < -0.39 is 4.92 Å². The van der Waals surface area contributed by atoms with E-state index in [0.29, 0.717) is 16.9 Å². The molecule has 0 atom stereocenters. The molecule has 0 aromatic heterocycles. The van der Waals surface area contributed by atoms with Gasteiger partial charge in [0.2, 0.25) is 0 Å². The molecule has 0 aliphatic carbocycles. The van der Waals surface area contributed by atoms with Crippen LogP contribution >= 0.6 is 0 Å². The third-order valence-electron chi connectivity index (χ3n) is 3.06. The zero-order valence-electron chi connectivity index (χ0n) is 11.5. The molecule has 0 amide bonds. The minimum atomic E-state index is -0.443. The fourth-order valence-electron chi connectivity index (χ4n) is 1.97. The van der Waals surface area contributed by atoms with E-state index in [9.17, 15) is 10.1 Å². The van der Waals surface area contributed by atoms with Gasteiger partial charge in [-0.3, -0.25) is 15.5 Å². The largest absolute Gasteiger partial charge is 0.489 e. The second-order valence-electron chi connectivity index (χ2n) is 4.57. The van der Waals surface area contributed by atoms with E-state index in [2.05, 4.69) is 0 Å². The average Bonchev–Trinajstić information content (AvgIpc) is 2.46. The molecule has 0 saturated carbocycles. The highest BCUT2D eigenvalue weighted by Gasteiger charge is 2.10. The molecule has 0 radical (unpaired) electrons. The number of benzene rings is 2. The van der Waals surface area contributed by atoms with Crippen molar-refractivity contribution >= 4 is 11.5 Å². The number of rotatable bonds is 5. The zero-order chi connectivity index (χ0) is 15.4. The molecule has 108 valence electrons. The van der Waals surface area contributed by atoms with E-state index in [1.165, 1.54) is 12.1 Å². The maximum Gasteiger partial charge on any atom is 0.269 e. The summed E-state index contributed by atoms with van der Waals surface area (Å²) in [5.41, 5.74) is 7.65. The van der Waals surface area contributed by atoms with Crippen LogP contribution in [0.4, 0.5) is 5.69 Å². The fourth-order valence-corrected chi connectivity index (χ4v) is 1.97. The molecule has 0 heterocycles. The number of ether oxygens (including phenoxy) is 1. The average molecular weight is 285 g/mol. The summed E-state index contributed by atoms with van der Waals surface area (Å²) in [6.45, 7) is 1.99. The van der Waals surface area contributed by atoms with Crippen molar-refractivity contribution in [2.24, 2.45) is 5.73 Å². The number of nitro groups is 1. The van der Waals surface area contributed by atoms with Crippen molar-refractivity contribution in [1.29, 1.82) is 5.41 Å². The summed E-state index contributed by atoms with van der Waals surface area (Å²) in [7, 11) is 0. The zero-order valence-corrected chi connectivity index (χ0v) is 11.5. The molecule has 3 N–H and O–H groups in total. The van der Waals surface area contributed by atoms with Gasteiger partial charge in [0.1, 0.15) is 18.2 Å². The summed E-state index contributed by atoms with van der Waals surface area (Å²) in [6, 6.07) is 11.7. The number of aryl methyl sites for hydroxylation is 1. The molecule has 0 spiro atoms. The van der Waals surface area contributed by atoms with Crippen LogP contribution in [0.3, 0.4) is 0 Å². The van der Waals surface area contributed by atoms with Gasteiger partial charge in [-0.1, -0.05) is 24.3 Å². The lowest BCUT2D eigenvalue weighted by Crippen LogP contribution is -2.14. The molecule has 0 bridgehead atoms. The first-order valence-electron chi connectivity index (χ1n) is 6.29. The molecule has 0 unspecified atom stereocenters. The van der Waals surface area contributed by atoms with Gasteiger partial charge in [0.05, 0.1) is 4.92 Å². The Morgan fingerprint density at radius 1 is 1.33 bits per heavy atom. The minimum Gasteiger partial charge on any atom is -0.489 e. The van der Waals surface area contributed by atoms with Gasteiger partial charge in [-0.15, -0.1) is 0 Å². The molecule has 0 saturated heterocycles. The van der Waals surface area contributed by atoms with Crippen LogP contribution in [-0.2, 0) is 6.61 Å². The molecular formula is C15H15N3O3. The molecule has 0 aliphatic rings. The summed E-state index contributed by atoms with van der Waals surface area (Å²) >= 11 is 0. The maximum absolute atomic E-state index is 10.7. The quantitative estimate of drug-likeness (QED) is 0.381. The van der Waals surface area contributed by atoms with Gasteiger partial charge in [-0.25, -0.2) is 0 Å². The van der Waals surface area contributed by atoms with E-state index in [1.807, 2.05) is 12.1 Å². The van der Waals surface area contributed by atoms with E-state index in [0.717, 1.165) is 5.56 Å². The number of nitro benzene ring substituents is 1. The van der Waals surface area contributed by atoms with E-state index in [-0.39, 0.29) is 18.1 Å². The third kappa shape index (κ3) is 3.36. The number of nitrogens with zero attached hydrogens (tertiary/aromatic N) is 1. The van der Waals surface area contributed by atoms with Crippen LogP contribution in [0.1, 0.15) is 16.7 Å². The molecule has 2 rings (SSSR count). The van der Waals surface area contributed by atoms with Crippen molar-refractivity contribution in [1.82, 2.24) is 0 Å². The van der Waals surface area contributed by atoms with Crippen molar-refractivity contribution in [3.63, 3.8) is 0 Å². The van der Waals surface area contributed by atoms with Crippen LogP contribution in [0.5, 0.6) is 5.75 Å². The van der Waals surface area contributed by atoms with Crippen LogP contribution in [-0.4, -0.2) is 10.8 Å². The lowest BCUT2D eigenvalue weighted by molar-refractivity contribution is -0.384. The van der Waals surface area contributed by atoms with Crippen LogP contribution in [0.25, 0.3) is 0 Å². The van der Waals surface area contributed by atoms with Crippen LogP contribution in [0.2, 0.25) is 0 Å². The number of nitrogens with two attached hydrogens (primary N) is 1. The number of hydrogen-bond acceptors (Lipinski definition) is 4. The predicted molar refractivity (Wildman–Crippen MR) is 79.6 cm³/mol. The van der Waals surface area contributed by atoms with Crippen molar-refractivity contribution < 1.29 is 9.66 Å². The second-order valence-corrected chi connectivity index (χ2v) is 4.57. The number of hydrogen-bond donors (Lipinski definition) is 2. The first kappa shape index (κ1) is 14.5. The molecule has 0 fully saturated rings. The monoisotopic (exact) mass is 285 g/mol. The summed E-state index contributed by atoms with van der Waals surface area (Å²) in [5, 5.41) is 18.2. The molecule has 2 aromatic rings. The van der Waals surface area contributed by atoms with Gasteiger partial charge >= 0.3 is 0 Å². The number of amidine groups is 1. The molecular weight excluding hydrogens is 270 g/mol. The van der Waals surface area contributed by atoms with Crippen LogP contribution in [0.15, 0.2) is 42.5 Å². The normalized spacial score (nSPS) is 10.1. The standard InChI is InChI=1S/C15H15N3O3/c1-10-8-12(18(19)20)6-7-14(10)21-9-11-4-2-3-5-13(11)15(16)17/h2-8H,9H2,1H3,(H3,16,17). The Morgan fingerprint density at radius 3 is 2.67 bits per heavy atom. The topological polar surface area (TPSA) is 102 Å². The van der Waals surface area contributed by atoms with Crippen molar-refractivity contribution in [3.8, 4) is 5.75 Å². The fraction of sp³-hybridized carbons (Fsp3) is 0.133. The number of non-ortho nitro benzene ring substituents is 1. The van der Waals surface area contributed by atoms with Gasteiger partial charge in [0, 0.05) is 23.3 Å².